The van der Waals surface area contributed by atoms with Gasteiger partial charge in [-0.05, 0) is 105 Å². The van der Waals surface area contributed by atoms with Crippen molar-refractivity contribution in [2.24, 2.45) is 0 Å². The summed E-state index contributed by atoms with van der Waals surface area (Å²) in [5.41, 5.74) is 5.22. The second-order valence-electron chi connectivity index (χ2n) is 10.2. The lowest BCUT2D eigenvalue weighted by molar-refractivity contribution is -0.115. The summed E-state index contributed by atoms with van der Waals surface area (Å²) in [6.07, 6.45) is 2.73. The number of carbonyl (C=O) groups excluding carboxylic acids is 2. The number of thioether (sulfide) groups is 1. The van der Waals surface area contributed by atoms with Crippen LogP contribution in [0.2, 0.25) is 0 Å². The molecule has 9 heteroatoms. The lowest BCUT2D eigenvalue weighted by Crippen LogP contribution is -2.22. The highest BCUT2D eigenvalue weighted by molar-refractivity contribution is 8.00. The number of nitriles is 1. The van der Waals surface area contributed by atoms with Crippen LogP contribution in [0.5, 0.6) is 0 Å². The van der Waals surface area contributed by atoms with Gasteiger partial charge in [-0.25, -0.2) is 0 Å². The first kappa shape index (κ1) is 29.5. The van der Waals surface area contributed by atoms with E-state index < -0.39 is 0 Å². The van der Waals surface area contributed by atoms with Gasteiger partial charge in [0.1, 0.15) is 11.1 Å². The fourth-order valence-corrected chi connectivity index (χ4v) is 7.44. The first-order valence-electron chi connectivity index (χ1n) is 13.7. The molecule has 0 aliphatic heterocycles. The molecule has 1 aromatic heterocycles. The second kappa shape index (κ2) is 13.3. The zero-order valence-electron chi connectivity index (χ0n) is 23.3. The van der Waals surface area contributed by atoms with Gasteiger partial charge >= 0.3 is 0 Å². The van der Waals surface area contributed by atoms with Crippen LogP contribution in [0.25, 0.3) is 0 Å². The largest absolute Gasteiger partial charge is 0.332 e. The molecule has 0 bridgehead atoms. The molecular formula is C33H30N4O2S3. The Balaban J connectivity index is 1.19. The Morgan fingerprint density at radius 2 is 1.74 bits per heavy atom. The summed E-state index contributed by atoms with van der Waals surface area (Å²) >= 11 is 8.44. The lowest BCUT2D eigenvalue weighted by Gasteiger charge is -2.22. The molecule has 4 aromatic rings. The third kappa shape index (κ3) is 7.08. The van der Waals surface area contributed by atoms with Crippen LogP contribution >= 0.6 is 35.3 Å². The predicted molar refractivity (Wildman–Crippen MR) is 177 cm³/mol. The number of hydrogen-bond acceptors (Lipinski definition) is 6. The monoisotopic (exact) mass is 610 g/mol. The minimum atomic E-state index is -0.382. The van der Waals surface area contributed by atoms with Crippen molar-refractivity contribution in [2.75, 3.05) is 16.0 Å². The third-order valence-electron chi connectivity index (χ3n) is 7.21. The van der Waals surface area contributed by atoms with Crippen LogP contribution in [0.3, 0.4) is 0 Å². The number of nitrogens with zero attached hydrogens (tertiary/aromatic N) is 1. The zero-order valence-corrected chi connectivity index (χ0v) is 25.7. The molecule has 3 N–H and O–H groups in total. The van der Waals surface area contributed by atoms with Gasteiger partial charge in [0.25, 0.3) is 0 Å². The highest BCUT2D eigenvalue weighted by Crippen LogP contribution is 2.42. The van der Waals surface area contributed by atoms with Crippen LogP contribution in [-0.2, 0) is 17.6 Å². The number of hydrogen-bond donors (Lipinski definition) is 3. The van der Waals surface area contributed by atoms with E-state index in [9.17, 15) is 14.9 Å². The predicted octanol–water partition coefficient (Wildman–Crippen LogP) is 8.02. The Kier molecular flexibility index (Phi) is 9.38. The molecule has 0 radical (unpaired) electrons. The molecule has 0 spiro atoms. The molecule has 0 saturated carbocycles. The molecule has 1 aliphatic carbocycles. The Morgan fingerprint density at radius 1 is 1.00 bits per heavy atom. The van der Waals surface area contributed by atoms with E-state index in [1.165, 1.54) is 40.5 Å². The number of nitrogens with one attached hydrogen (secondary N) is 3. The maximum Gasteiger partial charge on any atom is 0.238 e. The number of carbonyl (C=O) groups is 2. The Labute approximate surface area is 259 Å². The lowest BCUT2D eigenvalue weighted by atomic mass is 9.83. The Bertz CT molecular complexity index is 1660. The average Bonchev–Trinajstić information content (AvgIpc) is 3.34. The van der Waals surface area contributed by atoms with E-state index in [0.717, 1.165) is 41.1 Å². The van der Waals surface area contributed by atoms with Gasteiger partial charge in [0.2, 0.25) is 5.91 Å². The molecule has 6 nitrogen and oxygen atoms in total. The molecule has 5 rings (SSSR count). The van der Waals surface area contributed by atoms with E-state index >= 15 is 0 Å². The molecule has 3 aromatic carbocycles. The number of ketones is 1. The average molecular weight is 611 g/mol. The number of fused-ring (bicyclic) bond motifs is 1. The van der Waals surface area contributed by atoms with Gasteiger partial charge in [0.05, 0.1) is 10.8 Å². The number of thiophene rings is 1. The van der Waals surface area contributed by atoms with Gasteiger partial charge < -0.3 is 16.0 Å². The van der Waals surface area contributed by atoms with Gasteiger partial charge in [0.15, 0.2) is 10.9 Å². The summed E-state index contributed by atoms with van der Waals surface area (Å²) in [7, 11) is 0. The summed E-state index contributed by atoms with van der Waals surface area (Å²) < 4.78 is 0. The summed E-state index contributed by atoms with van der Waals surface area (Å²) in [5, 5.41) is 19.9. The minimum absolute atomic E-state index is 0.0106. The molecule has 1 amide bonds. The zero-order chi connectivity index (χ0) is 29.6. The molecule has 2 unspecified atom stereocenters. The van der Waals surface area contributed by atoms with Gasteiger partial charge in [-0.15, -0.1) is 23.1 Å². The van der Waals surface area contributed by atoms with Crippen molar-refractivity contribution in [3.8, 4) is 6.07 Å². The van der Waals surface area contributed by atoms with E-state index in [-0.39, 0.29) is 16.9 Å². The van der Waals surface area contributed by atoms with Crippen LogP contribution in [0.15, 0.2) is 83.8 Å². The summed E-state index contributed by atoms with van der Waals surface area (Å²) in [4.78, 5) is 26.8. The minimum Gasteiger partial charge on any atom is -0.332 e. The molecule has 1 heterocycles. The van der Waals surface area contributed by atoms with E-state index in [1.54, 1.807) is 24.3 Å². The first-order chi connectivity index (χ1) is 20.3. The number of rotatable bonds is 8. The van der Waals surface area contributed by atoms with Crippen molar-refractivity contribution < 1.29 is 9.59 Å². The molecule has 42 heavy (non-hydrogen) atoms. The summed E-state index contributed by atoms with van der Waals surface area (Å²) in [5.74, 6) is 0.300. The maximum atomic E-state index is 13.2. The molecule has 0 fully saturated rings. The Morgan fingerprint density at radius 3 is 2.45 bits per heavy atom. The highest BCUT2D eigenvalue weighted by Gasteiger charge is 2.28. The topological polar surface area (TPSA) is 94.0 Å². The number of thiocarbonyl (C=S) groups is 1. The Hall–Kier alpha value is -3.97. The normalized spacial score (nSPS) is 14.6. The molecule has 1 aliphatic rings. The van der Waals surface area contributed by atoms with Gasteiger partial charge in [-0.1, -0.05) is 36.4 Å². The smallest absolute Gasteiger partial charge is 0.238 e. The number of benzene rings is 3. The van der Waals surface area contributed by atoms with Crippen molar-refractivity contribution in [1.82, 2.24) is 0 Å². The molecular weight excluding hydrogens is 581 g/mol. The quantitative estimate of drug-likeness (QED) is 0.106. The van der Waals surface area contributed by atoms with E-state index in [2.05, 4.69) is 46.3 Å². The van der Waals surface area contributed by atoms with Crippen molar-refractivity contribution in [3.05, 3.63) is 106 Å². The first-order valence-corrected chi connectivity index (χ1v) is 15.8. The summed E-state index contributed by atoms with van der Waals surface area (Å²) in [6.45, 7) is 3.39. The molecule has 2 atom stereocenters. The third-order valence-corrected chi connectivity index (χ3v) is 9.68. The van der Waals surface area contributed by atoms with Crippen LogP contribution in [0.1, 0.15) is 58.1 Å². The fourth-order valence-electron chi connectivity index (χ4n) is 5.00. The summed E-state index contributed by atoms with van der Waals surface area (Å²) in [6, 6.07) is 27.7. The van der Waals surface area contributed by atoms with Crippen molar-refractivity contribution in [1.29, 1.82) is 5.26 Å². The van der Waals surface area contributed by atoms with Gasteiger partial charge in [0, 0.05) is 26.7 Å². The van der Waals surface area contributed by atoms with Crippen LogP contribution in [0, 0.1) is 11.3 Å². The van der Waals surface area contributed by atoms with Gasteiger partial charge in [-0.3, -0.25) is 9.59 Å². The number of anilines is 3. The van der Waals surface area contributed by atoms with Gasteiger partial charge in [-0.2, -0.15) is 5.26 Å². The number of amides is 1. The van der Waals surface area contributed by atoms with Crippen LogP contribution in [0.4, 0.5) is 16.4 Å². The van der Waals surface area contributed by atoms with Crippen LogP contribution in [-0.4, -0.2) is 22.1 Å². The van der Waals surface area contributed by atoms with Crippen molar-refractivity contribution in [2.45, 2.75) is 49.2 Å². The SMILES string of the molecule is CC(=O)c1ccc(NC(=S)Nc2cccc(SC(C)C(=O)Nc3sc4c(c3C#N)CCC(c3ccccc3)C4)c2)cc1. The maximum absolute atomic E-state index is 13.2. The van der Waals surface area contributed by atoms with Crippen LogP contribution < -0.4 is 16.0 Å². The second-order valence-corrected chi connectivity index (χ2v) is 13.1. The molecule has 0 saturated heterocycles. The van der Waals surface area contributed by atoms with Crippen molar-refractivity contribution in [3.63, 3.8) is 0 Å². The van der Waals surface area contributed by atoms with E-state index in [4.69, 9.17) is 12.2 Å². The number of Topliss-reactive ketones (excluding diaryl/α,β-unsaturated/α-hetero) is 1. The standard InChI is InChI=1S/C33H30N4O2S3/c1-20(38)22-11-14-25(15-12-22)35-33(40)36-26-9-6-10-27(18-26)41-21(2)31(39)37-32-29(19-34)28-16-13-24(17-30(28)42-32)23-7-4-3-5-8-23/h3-12,14-15,18,21,24H,13,16-17H2,1-2H3,(H,37,39)(H2,35,36,40). The fraction of sp³-hybridized carbons (Fsp3) is 0.212. The van der Waals surface area contributed by atoms with E-state index in [0.29, 0.717) is 27.2 Å². The van der Waals surface area contributed by atoms with Crippen molar-refractivity contribution >= 4 is 68.5 Å². The molecule has 212 valence electrons. The van der Waals surface area contributed by atoms with E-state index in [1.807, 2.05) is 37.3 Å². The highest BCUT2D eigenvalue weighted by atomic mass is 32.2.